The summed E-state index contributed by atoms with van der Waals surface area (Å²) in [6, 6.07) is 8.70. The molecule has 0 fully saturated rings. The van der Waals surface area contributed by atoms with Crippen molar-refractivity contribution in [2.45, 2.75) is 18.9 Å². The summed E-state index contributed by atoms with van der Waals surface area (Å²) in [5.74, 6) is -0.800. The van der Waals surface area contributed by atoms with E-state index in [1.807, 2.05) is 30.3 Å². The third-order valence-electron chi connectivity index (χ3n) is 2.33. The topological polar surface area (TPSA) is 98.2 Å². The van der Waals surface area contributed by atoms with Crippen LogP contribution in [-0.2, 0) is 16.0 Å². The minimum absolute atomic E-state index is 0.193. The van der Waals surface area contributed by atoms with Gasteiger partial charge in [-0.15, -0.1) is 0 Å². The van der Waals surface area contributed by atoms with E-state index in [1.54, 1.807) is 0 Å². The van der Waals surface area contributed by atoms with E-state index in [4.69, 9.17) is 11.5 Å². The molecule has 1 rings (SSSR count). The minimum atomic E-state index is -0.684. The van der Waals surface area contributed by atoms with Crippen LogP contribution in [-0.4, -0.2) is 24.4 Å². The fourth-order valence-corrected chi connectivity index (χ4v) is 1.47. The second-order valence-corrected chi connectivity index (χ2v) is 3.75. The molecule has 0 aliphatic carbocycles. The molecular weight excluding hydrogens is 218 g/mol. The van der Waals surface area contributed by atoms with E-state index in [-0.39, 0.29) is 18.9 Å². The zero-order valence-electron chi connectivity index (χ0n) is 9.56. The van der Waals surface area contributed by atoms with Crippen LogP contribution in [0.5, 0.6) is 0 Å². The van der Waals surface area contributed by atoms with E-state index in [0.29, 0.717) is 6.42 Å². The highest BCUT2D eigenvalue weighted by Crippen LogP contribution is 2.03. The van der Waals surface area contributed by atoms with Crippen LogP contribution >= 0.6 is 0 Å². The van der Waals surface area contributed by atoms with E-state index in [2.05, 4.69) is 5.32 Å². The van der Waals surface area contributed by atoms with Crippen molar-refractivity contribution in [2.75, 3.05) is 6.54 Å². The van der Waals surface area contributed by atoms with Crippen molar-refractivity contribution in [3.05, 3.63) is 35.9 Å². The lowest BCUT2D eigenvalue weighted by Gasteiger charge is -2.15. The number of carbonyl (C=O) groups excluding carboxylic acids is 2. The molecule has 1 aromatic carbocycles. The molecule has 5 heteroatoms. The summed E-state index contributed by atoms with van der Waals surface area (Å²) in [7, 11) is 0. The fraction of sp³-hybridized carbons (Fsp3) is 0.333. The Labute approximate surface area is 100 Å². The molecule has 0 aliphatic rings. The molecule has 5 N–H and O–H groups in total. The molecule has 0 unspecified atom stereocenters. The first-order chi connectivity index (χ1) is 8.13. The predicted molar refractivity (Wildman–Crippen MR) is 64.9 cm³/mol. The van der Waals surface area contributed by atoms with Crippen molar-refractivity contribution in [1.82, 2.24) is 5.32 Å². The second kappa shape index (κ2) is 6.65. The highest BCUT2D eigenvalue weighted by molar-refractivity contribution is 5.86. The lowest BCUT2D eigenvalue weighted by Crippen LogP contribution is -2.46. The molecule has 0 spiro atoms. The SMILES string of the molecule is NCCC(=O)N[C@@H](Cc1ccccc1)C(N)=O. The smallest absolute Gasteiger partial charge is 0.240 e. The lowest BCUT2D eigenvalue weighted by molar-refractivity contribution is -0.127. The highest BCUT2D eigenvalue weighted by atomic mass is 16.2. The zero-order valence-corrected chi connectivity index (χ0v) is 9.56. The number of hydrogen-bond acceptors (Lipinski definition) is 3. The molecule has 0 aromatic heterocycles. The van der Waals surface area contributed by atoms with Crippen molar-refractivity contribution >= 4 is 11.8 Å². The van der Waals surface area contributed by atoms with Crippen LogP contribution in [0.25, 0.3) is 0 Å². The summed E-state index contributed by atoms with van der Waals surface area (Å²) in [6.45, 7) is 0.253. The van der Waals surface area contributed by atoms with Gasteiger partial charge in [-0.3, -0.25) is 9.59 Å². The maximum absolute atomic E-state index is 11.3. The summed E-state index contributed by atoms with van der Waals surface area (Å²) >= 11 is 0. The lowest BCUT2D eigenvalue weighted by atomic mass is 10.1. The second-order valence-electron chi connectivity index (χ2n) is 3.75. The van der Waals surface area contributed by atoms with Crippen LogP contribution < -0.4 is 16.8 Å². The summed E-state index contributed by atoms with van der Waals surface area (Å²) in [5.41, 5.74) is 11.4. The van der Waals surface area contributed by atoms with Crippen molar-refractivity contribution in [2.24, 2.45) is 11.5 Å². The number of primary amides is 1. The third kappa shape index (κ3) is 4.65. The summed E-state index contributed by atoms with van der Waals surface area (Å²) in [5, 5.41) is 2.57. The van der Waals surface area contributed by atoms with Crippen LogP contribution in [0.2, 0.25) is 0 Å². The van der Waals surface area contributed by atoms with Gasteiger partial charge in [0.25, 0.3) is 0 Å². The van der Waals surface area contributed by atoms with Gasteiger partial charge in [0.15, 0.2) is 0 Å². The Morgan fingerprint density at radius 1 is 1.24 bits per heavy atom. The van der Waals surface area contributed by atoms with Gasteiger partial charge >= 0.3 is 0 Å². The number of benzene rings is 1. The van der Waals surface area contributed by atoms with Crippen LogP contribution in [0.1, 0.15) is 12.0 Å². The van der Waals surface area contributed by atoms with Gasteiger partial charge in [-0.05, 0) is 5.56 Å². The van der Waals surface area contributed by atoms with Gasteiger partial charge in [0.1, 0.15) is 6.04 Å². The minimum Gasteiger partial charge on any atom is -0.368 e. The van der Waals surface area contributed by atoms with Gasteiger partial charge < -0.3 is 16.8 Å². The maximum atomic E-state index is 11.3. The van der Waals surface area contributed by atoms with Crippen molar-refractivity contribution < 1.29 is 9.59 Å². The van der Waals surface area contributed by atoms with E-state index >= 15 is 0 Å². The Morgan fingerprint density at radius 3 is 2.41 bits per heavy atom. The first-order valence-corrected chi connectivity index (χ1v) is 5.46. The maximum Gasteiger partial charge on any atom is 0.240 e. The summed E-state index contributed by atoms with van der Waals surface area (Å²) in [6.07, 6.45) is 0.588. The zero-order chi connectivity index (χ0) is 12.7. The van der Waals surface area contributed by atoms with E-state index < -0.39 is 11.9 Å². The molecular formula is C12H17N3O2. The Morgan fingerprint density at radius 2 is 1.88 bits per heavy atom. The van der Waals surface area contributed by atoms with Gasteiger partial charge in [0, 0.05) is 19.4 Å². The van der Waals surface area contributed by atoms with E-state index in [0.717, 1.165) is 5.56 Å². The van der Waals surface area contributed by atoms with Crippen LogP contribution in [0.15, 0.2) is 30.3 Å². The molecule has 1 atom stereocenters. The molecule has 0 heterocycles. The summed E-state index contributed by atoms with van der Waals surface area (Å²) in [4.78, 5) is 22.6. The molecule has 0 bridgehead atoms. The molecule has 0 aliphatic heterocycles. The first kappa shape index (κ1) is 13.2. The van der Waals surface area contributed by atoms with Crippen LogP contribution in [0.4, 0.5) is 0 Å². The predicted octanol–water partition coefficient (Wildman–Crippen LogP) is -0.452. The molecule has 0 saturated carbocycles. The molecule has 5 nitrogen and oxygen atoms in total. The van der Waals surface area contributed by atoms with Gasteiger partial charge in [0.05, 0.1) is 0 Å². The number of amides is 2. The normalized spacial score (nSPS) is 11.8. The average Bonchev–Trinajstić information content (AvgIpc) is 2.29. The van der Waals surface area contributed by atoms with Gasteiger partial charge in [0.2, 0.25) is 11.8 Å². The molecule has 2 amide bonds. The quantitative estimate of drug-likeness (QED) is 0.622. The van der Waals surface area contributed by atoms with Gasteiger partial charge in [-0.25, -0.2) is 0 Å². The molecule has 0 radical (unpaired) electrons. The number of nitrogens with two attached hydrogens (primary N) is 2. The fourth-order valence-electron chi connectivity index (χ4n) is 1.47. The third-order valence-corrected chi connectivity index (χ3v) is 2.33. The Kier molecular flexibility index (Phi) is 5.16. The highest BCUT2D eigenvalue weighted by Gasteiger charge is 2.17. The molecule has 92 valence electrons. The standard InChI is InChI=1S/C12H17N3O2/c13-7-6-11(16)15-10(12(14)17)8-9-4-2-1-3-5-9/h1-5,10H,6-8,13H2,(H2,14,17)(H,15,16)/t10-/m0/s1. The first-order valence-electron chi connectivity index (χ1n) is 5.46. The molecule has 1 aromatic rings. The number of nitrogens with one attached hydrogen (secondary N) is 1. The van der Waals surface area contributed by atoms with Crippen LogP contribution in [0.3, 0.4) is 0 Å². The Bertz CT molecular complexity index is 379. The molecule has 17 heavy (non-hydrogen) atoms. The van der Waals surface area contributed by atoms with E-state index in [9.17, 15) is 9.59 Å². The van der Waals surface area contributed by atoms with Crippen LogP contribution in [0, 0.1) is 0 Å². The molecule has 0 saturated heterocycles. The summed E-state index contributed by atoms with van der Waals surface area (Å²) < 4.78 is 0. The number of hydrogen-bond donors (Lipinski definition) is 3. The van der Waals surface area contributed by atoms with Crippen molar-refractivity contribution in [3.63, 3.8) is 0 Å². The Balaban J connectivity index is 2.61. The van der Waals surface area contributed by atoms with Crippen molar-refractivity contribution in [3.8, 4) is 0 Å². The largest absolute Gasteiger partial charge is 0.368 e. The number of rotatable bonds is 6. The van der Waals surface area contributed by atoms with Crippen molar-refractivity contribution in [1.29, 1.82) is 0 Å². The van der Waals surface area contributed by atoms with Gasteiger partial charge in [-0.1, -0.05) is 30.3 Å². The number of carbonyl (C=O) groups is 2. The Hall–Kier alpha value is -1.88. The van der Waals surface area contributed by atoms with E-state index in [1.165, 1.54) is 0 Å². The average molecular weight is 235 g/mol. The monoisotopic (exact) mass is 235 g/mol. The van der Waals surface area contributed by atoms with Gasteiger partial charge in [-0.2, -0.15) is 0 Å².